The van der Waals surface area contributed by atoms with Crippen molar-refractivity contribution < 1.29 is 8.42 Å². The topological polar surface area (TPSA) is 85.1 Å². The monoisotopic (exact) mass is 255 g/mol. The van der Waals surface area contributed by atoms with E-state index in [1.807, 2.05) is 0 Å². The average molecular weight is 255 g/mol. The molecular formula is C11H17N3O2S. The number of anilines is 1. The van der Waals surface area contributed by atoms with Gasteiger partial charge in [0.1, 0.15) is 5.82 Å². The highest BCUT2D eigenvalue weighted by Gasteiger charge is 2.26. The molecule has 0 bridgehead atoms. The van der Waals surface area contributed by atoms with Gasteiger partial charge in [-0.3, -0.25) is 0 Å². The molecule has 6 heteroatoms. The first-order valence-electron chi connectivity index (χ1n) is 5.71. The molecule has 2 rings (SSSR count). The number of nitrogen functional groups attached to an aromatic ring is 1. The zero-order valence-corrected chi connectivity index (χ0v) is 10.6. The maximum absolute atomic E-state index is 12.1. The van der Waals surface area contributed by atoms with E-state index in [0.29, 0.717) is 5.92 Å². The molecule has 0 radical (unpaired) electrons. The number of nitrogens with two attached hydrogens (primary N) is 1. The lowest BCUT2D eigenvalue weighted by Gasteiger charge is -2.13. The van der Waals surface area contributed by atoms with Crippen LogP contribution in [0.15, 0.2) is 23.2 Å². The average Bonchev–Trinajstić information content (AvgIpc) is 2.63. The first kappa shape index (κ1) is 12.3. The van der Waals surface area contributed by atoms with Crippen LogP contribution < -0.4 is 10.5 Å². The quantitative estimate of drug-likeness (QED) is 0.848. The summed E-state index contributed by atoms with van der Waals surface area (Å²) in [6, 6.07) is 2.88. The van der Waals surface area contributed by atoms with Crippen molar-refractivity contribution in [2.24, 2.45) is 5.92 Å². The molecule has 3 N–H and O–H groups in total. The van der Waals surface area contributed by atoms with Crippen LogP contribution in [-0.4, -0.2) is 19.4 Å². The van der Waals surface area contributed by atoms with Crippen LogP contribution in [0.3, 0.4) is 0 Å². The summed E-state index contributed by atoms with van der Waals surface area (Å²) >= 11 is 0. The minimum absolute atomic E-state index is 0.0457. The summed E-state index contributed by atoms with van der Waals surface area (Å²) in [6.07, 6.45) is 4.29. The third-order valence-corrected chi connectivity index (χ3v) is 4.60. The largest absolute Gasteiger partial charge is 0.384 e. The number of nitrogens with one attached hydrogen (secondary N) is 1. The minimum atomic E-state index is -3.46. The van der Waals surface area contributed by atoms with E-state index in [2.05, 4.69) is 16.6 Å². The van der Waals surface area contributed by atoms with E-state index in [1.54, 1.807) is 0 Å². The van der Waals surface area contributed by atoms with Gasteiger partial charge in [-0.2, -0.15) is 0 Å². The Kier molecular flexibility index (Phi) is 3.35. The van der Waals surface area contributed by atoms with Crippen molar-refractivity contribution in [2.45, 2.75) is 37.1 Å². The van der Waals surface area contributed by atoms with Gasteiger partial charge >= 0.3 is 0 Å². The Morgan fingerprint density at radius 3 is 2.82 bits per heavy atom. The molecule has 0 saturated heterocycles. The van der Waals surface area contributed by atoms with Crippen LogP contribution in [0.1, 0.15) is 26.2 Å². The number of nitrogens with zero attached hydrogens (tertiary/aromatic N) is 1. The summed E-state index contributed by atoms with van der Waals surface area (Å²) in [5, 5.41) is 0. The van der Waals surface area contributed by atoms with E-state index in [9.17, 15) is 8.42 Å². The van der Waals surface area contributed by atoms with Gasteiger partial charge in [-0.25, -0.2) is 18.1 Å². The highest BCUT2D eigenvalue weighted by molar-refractivity contribution is 7.89. The molecule has 1 fully saturated rings. The molecule has 1 saturated carbocycles. The molecule has 17 heavy (non-hydrogen) atoms. The Morgan fingerprint density at radius 1 is 1.47 bits per heavy atom. The molecule has 0 amide bonds. The Bertz CT molecular complexity index is 501. The lowest BCUT2D eigenvalue weighted by atomic mass is 10.1. The second kappa shape index (κ2) is 4.62. The molecule has 1 aliphatic carbocycles. The van der Waals surface area contributed by atoms with Gasteiger partial charge < -0.3 is 5.73 Å². The Balaban J connectivity index is 2.14. The van der Waals surface area contributed by atoms with Crippen LogP contribution >= 0.6 is 0 Å². The van der Waals surface area contributed by atoms with Crippen LogP contribution in [0.4, 0.5) is 5.82 Å². The summed E-state index contributed by atoms with van der Waals surface area (Å²) in [5.41, 5.74) is 5.48. The Morgan fingerprint density at radius 2 is 2.24 bits per heavy atom. The molecule has 2 atom stereocenters. The molecule has 0 aromatic carbocycles. The second-order valence-corrected chi connectivity index (χ2v) is 6.37. The van der Waals surface area contributed by atoms with E-state index in [-0.39, 0.29) is 16.8 Å². The molecule has 0 aliphatic heterocycles. The predicted molar refractivity (Wildman–Crippen MR) is 65.8 cm³/mol. The van der Waals surface area contributed by atoms with E-state index in [1.165, 1.54) is 18.3 Å². The van der Waals surface area contributed by atoms with E-state index in [4.69, 9.17) is 5.73 Å². The minimum Gasteiger partial charge on any atom is -0.384 e. The molecule has 0 spiro atoms. The van der Waals surface area contributed by atoms with Crippen molar-refractivity contribution in [1.82, 2.24) is 9.71 Å². The number of rotatable bonds is 3. The number of aromatic nitrogens is 1. The fraction of sp³-hybridized carbons (Fsp3) is 0.545. The molecule has 94 valence electrons. The summed E-state index contributed by atoms with van der Waals surface area (Å²) < 4.78 is 26.8. The first-order chi connectivity index (χ1) is 7.97. The molecule has 1 aliphatic rings. The Hall–Kier alpha value is -1.14. The summed E-state index contributed by atoms with van der Waals surface area (Å²) in [5.74, 6) is 0.804. The highest BCUT2D eigenvalue weighted by atomic mass is 32.2. The summed E-state index contributed by atoms with van der Waals surface area (Å²) in [6.45, 7) is 2.14. The van der Waals surface area contributed by atoms with Gasteiger partial charge in [-0.15, -0.1) is 0 Å². The van der Waals surface area contributed by atoms with Gasteiger partial charge in [0.25, 0.3) is 0 Å². The lowest BCUT2D eigenvalue weighted by molar-refractivity contribution is 0.538. The number of hydrogen-bond acceptors (Lipinski definition) is 4. The van der Waals surface area contributed by atoms with Crippen molar-refractivity contribution in [2.75, 3.05) is 5.73 Å². The van der Waals surface area contributed by atoms with Crippen LogP contribution in [-0.2, 0) is 10.0 Å². The SMILES string of the molecule is CC1CCC(NS(=O)(=O)c2ccnc(N)c2)C1. The first-order valence-corrected chi connectivity index (χ1v) is 7.19. The van der Waals surface area contributed by atoms with E-state index >= 15 is 0 Å². The van der Waals surface area contributed by atoms with Crippen LogP contribution in [0.5, 0.6) is 0 Å². The molecule has 1 aromatic heterocycles. The zero-order valence-electron chi connectivity index (χ0n) is 9.76. The smallest absolute Gasteiger partial charge is 0.241 e. The Labute approximate surface area is 101 Å². The third kappa shape index (κ3) is 2.95. The van der Waals surface area contributed by atoms with Crippen molar-refractivity contribution in [3.05, 3.63) is 18.3 Å². The van der Waals surface area contributed by atoms with Crippen molar-refractivity contribution >= 4 is 15.8 Å². The van der Waals surface area contributed by atoms with Gasteiger partial charge in [-0.05, 0) is 31.2 Å². The normalized spacial score (nSPS) is 25.0. The highest BCUT2D eigenvalue weighted by Crippen LogP contribution is 2.26. The maximum Gasteiger partial charge on any atom is 0.241 e. The summed E-state index contributed by atoms with van der Waals surface area (Å²) in [4.78, 5) is 3.97. The van der Waals surface area contributed by atoms with Crippen molar-refractivity contribution in [1.29, 1.82) is 0 Å². The summed E-state index contributed by atoms with van der Waals surface area (Å²) in [7, 11) is -3.46. The predicted octanol–water partition coefficient (Wildman–Crippen LogP) is 1.13. The van der Waals surface area contributed by atoms with Gasteiger partial charge in [0, 0.05) is 18.3 Å². The van der Waals surface area contributed by atoms with Crippen molar-refractivity contribution in [3.8, 4) is 0 Å². The number of pyridine rings is 1. The number of sulfonamides is 1. The van der Waals surface area contributed by atoms with E-state index < -0.39 is 10.0 Å². The van der Waals surface area contributed by atoms with Gasteiger partial charge in [0.05, 0.1) is 4.90 Å². The second-order valence-electron chi connectivity index (χ2n) is 4.65. The van der Waals surface area contributed by atoms with Crippen LogP contribution in [0.25, 0.3) is 0 Å². The van der Waals surface area contributed by atoms with Crippen LogP contribution in [0, 0.1) is 5.92 Å². The molecule has 5 nitrogen and oxygen atoms in total. The fourth-order valence-corrected chi connectivity index (χ4v) is 3.50. The van der Waals surface area contributed by atoms with Gasteiger partial charge in [0.2, 0.25) is 10.0 Å². The fourth-order valence-electron chi connectivity index (χ4n) is 2.20. The van der Waals surface area contributed by atoms with Gasteiger partial charge in [-0.1, -0.05) is 6.92 Å². The van der Waals surface area contributed by atoms with E-state index in [0.717, 1.165) is 19.3 Å². The lowest BCUT2D eigenvalue weighted by Crippen LogP contribution is -2.33. The zero-order chi connectivity index (χ0) is 12.5. The molecule has 1 heterocycles. The van der Waals surface area contributed by atoms with Gasteiger partial charge in [0.15, 0.2) is 0 Å². The molecular weight excluding hydrogens is 238 g/mol. The molecule has 1 aromatic rings. The maximum atomic E-state index is 12.1. The van der Waals surface area contributed by atoms with Crippen molar-refractivity contribution in [3.63, 3.8) is 0 Å². The standard InChI is InChI=1S/C11H17N3O2S/c1-8-2-3-9(6-8)14-17(15,16)10-4-5-13-11(12)7-10/h4-5,7-9,14H,2-3,6H2,1H3,(H2,12,13). The number of hydrogen-bond donors (Lipinski definition) is 2. The molecule has 2 unspecified atom stereocenters. The van der Waals surface area contributed by atoms with Crippen LogP contribution in [0.2, 0.25) is 0 Å². The third-order valence-electron chi connectivity index (χ3n) is 3.08.